The van der Waals surface area contributed by atoms with Gasteiger partial charge in [0.25, 0.3) is 0 Å². The van der Waals surface area contributed by atoms with E-state index in [1.165, 1.54) is 34.6 Å². The number of nitrogens with two attached hydrogens (primary N) is 1. The number of amides is 4. The standard InChI is InChI=1S/C25H39N5O6/c1-14(2)18(28-23(36)25(6,7)29-19(31)15(3)26)20(32)30-24(4,5)22(35)27-17(21(33)34)13-16-11-9-8-10-12-16/h8-12,14-15,17-18H,13,26H2,1-7H3,(H,27,35)(H,28,36)(H,29,31)(H,30,32)(H,33,34)/t15-,17-,18-/m0/s1. The molecule has 0 aliphatic carbocycles. The Morgan fingerprint density at radius 1 is 0.833 bits per heavy atom. The zero-order valence-electron chi connectivity index (χ0n) is 22.0. The summed E-state index contributed by atoms with van der Waals surface area (Å²) >= 11 is 0. The lowest BCUT2D eigenvalue weighted by Gasteiger charge is -2.33. The second kappa shape index (κ2) is 12.5. The first-order valence-corrected chi connectivity index (χ1v) is 11.8. The van der Waals surface area contributed by atoms with Crippen LogP contribution in [0.4, 0.5) is 0 Å². The van der Waals surface area contributed by atoms with Gasteiger partial charge >= 0.3 is 5.97 Å². The van der Waals surface area contributed by atoms with Gasteiger partial charge < -0.3 is 32.1 Å². The molecule has 0 fully saturated rings. The van der Waals surface area contributed by atoms with Crippen LogP contribution in [0.1, 0.15) is 54.0 Å². The first-order chi connectivity index (χ1) is 16.5. The van der Waals surface area contributed by atoms with Crippen LogP contribution in [-0.4, -0.2) is 63.9 Å². The lowest BCUT2D eigenvalue weighted by Crippen LogP contribution is -2.64. The van der Waals surface area contributed by atoms with Gasteiger partial charge in [0.2, 0.25) is 23.6 Å². The molecular formula is C25H39N5O6. The third-order valence-electron chi connectivity index (χ3n) is 5.54. The Hall–Kier alpha value is -3.47. The van der Waals surface area contributed by atoms with Gasteiger partial charge in [-0.05, 0) is 46.1 Å². The van der Waals surface area contributed by atoms with Gasteiger partial charge in [-0.25, -0.2) is 4.79 Å². The molecule has 3 atom stereocenters. The quantitative estimate of drug-likeness (QED) is 0.233. The molecule has 0 unspecified atom stereocenters. The molecular weight excluding hydrogens is 466 g/mol. The molecule has 0 heterocycles. The van der Waals surface area contributed by atoms with Crippen molar-refractivity contribution in [3.05, 3.63) is 35.9 Å². The van der Waals surface area contributed by atoms with E-state index in [0.29, 0.717) is 0 Å². The molecule has 200 valence electrons. The fourth-order valence-corrected chi connectivity index (χ4v) is 3.17. The monoisotopic (exact) mass is 505 g/mol. The van der Waals surface area contributed by atoms with E-state index >= 15 is 0 Å². The summed E-state index contributed by atoms with van der Waals surface area (Å²) in [7, 11) is 0. The number of aliphatic carboxylic acids is 1. The van der Waals surface area contributed by atoms with E-state index in [4.69, 9.17) is 5.73 Å². The molecule has 7 N–H and O–H groups in total. The fraction of sp³-hybridized carbons (Fsp3) is 0.560. The largest absolute Gasteiger partial charge is 0.480 e. The molecule has 0 spiro atoms. The van der Waals surface area contributed by atoms with Crippen molar-refractivity contribution in [2.45, 2.75) is 84.1 Å². The van der Waals surface area contributed by atoms with Crippen LogP contribution < -0.4 is 27.0 Å². The molecule has 0 bridgehead atoms. The summed E-state index contributed by atoms with van der Waals surface area (Å²) in [6.45, 7) is 10.7. The normalized spacial score (nSPS) is 14.2. The second-order valence-corrected chi connectivity index (χ2v) is 10.3. The van der Waals surface area contributed by atoms with Crippen LogP contribution in [0.5, 0.6) is 0 Å². The molecule has 36 heavy (non-hydrogen) atoms. The van der Waals surface area contributed by atoms with Crippen molar-refractivity contribution in [3.8, 4) is 0 Å². The summed E-state index contributed by atoms with van der Waals surface area (Å²) in [5.41, 5.74) is 3.44. The van der Waals surface area contributed by atoms with Crippen molar-refractivity contribution >= 4 is 29.6 Å². The second-order valence-electron chi connectivity index (χ2n) is 10.3. The van der Waals surface area contributed by atoms with Crippen LogP contribution in [0.15, 0.2) is 30.3 Å². The minimum atomic E-state index is -1.49. The molecule has 0 saturated heterocycles. The zero-order valence-corrected chi connectivity index (χ0v) is 22.0. The Balaban J connectivity index is 2.93. The van der Waals surface area contributed by atoms with Crippen LogP contribution in [-0.2, 0) is 30.4 Å². The van der Waals surface area contributed by atoms with Crippen molar-refractivity contribution in [2.24, 2.45) is 11.7 Å². The molecule has 1 aromatic carbocycles. The predicted molar refractivity (Wildman–Crippen MR) is 135 cm³/mol. The number of nitrogens with one attached hydrogen (secondary N) is 4. The van der Waals surface area contributed by atoms with E-state index < -0.39 is 58.8 Å². The van der Waals surface area contributed by atoms with E-state index in [2.05, 4.69) is 21.3 Å². The van der Waals surface area contributed by atoms with Crippen molar-refractivity contribution in [2.75, 3.05) is 0 Å². The average molecular weight is 506 g/mol. The molecule has 0 saturated carbocycles. The Kier molecular flexibility index (Phi) is 10.6. The van der Waals surface area contributed by atoms with E-state index in [9.17, 15) is 29.1 Å². The summed E-state index contributed by atoms with van der Waals surface area (Å²) in [6.07, 6.45) is 0.0683. The first kappa shape index (κ1) is 30.6. The number of carbonyl (C=O) groups is 5. The minimum Gasteiger partial charge on any atom is -0.480 e. The Morgan fingerprint density at radius 3 is 1.75 bits per heavy atom. The van der Waals surface area contributed by atoms with E-state index in [1.807, 2.05) is 0 Å². The summed E-state index contributed by atoms with van der Waals surface area (Å²) in [4.78, 5) is 62.5. The molecule has 1 aromatic rings. The van der Waals surface area contributed by atoms with Crippen LogP contribution in [0, 0.1) is 5.92 Å². The van der Waals surface area contributed by atoms with Crippen molar-refractivity contribution < 1.29 is 29.1 Å². The summed E-state index contributed by atoms with van der Waals surface area (Å²) in [5.74, 6) is -4.04. The highest BCUT2D eigenvalue weighted by Gasteiger charge is 2.38. The van der Waals surface area contributed by atoms with Crippen molar-refractivity contribution in [3.63, 3.8) is 0 Å². The molecule has 4 amide bonds. The molecule has 0 aromatic heterocycles. The van der Waals surface area contributed by atoms with Crippen LogP contribution in [0.25, 0.3) is 0 Å². The summed E-state index contributed by atoms with van der Waals surface area (Å²) < 4.78 is 0. The van der Waals surface area contributed by atoms with Gasteiger partial charge in [-0.1, -0.05) is 44.2 Å². The third-order valence-corrected chi connectivity index (χ3v) is 5.54. The van der Waals surface area contributed by atoms with E-state index in [0.717, 1.165) is 5.56 Å². The molecule has 0 aliphatic heterocycles. The van der Waals surface area contributed by atoms with Gasteiger partial charge in [0.1, 0.15) is 23.2 Å². The molecule has 11 nitrogen and oxygen atoms in total. The zero-order chi connectivity index (χ0) is 27.8. The molecule has 1 rings (SSSR count). The fourth-order valence-electron chi connectivity index (χ4n) is 3.17. The van der Waals surface area contributed by atoms with Crippen LogP contribution in [0.2, 0.25) is 0 Å². The van der Waals surface area contributed by atoms with Crippen LogP contribution >= 0.6 is 0 Å². The maximum atomic E-state index is 13.1. The lowest BCUT2D eigenvalue weighted by atomic mass is 9.96. The highest BCUT2D eigenvalue weighted by molar-refractivity contribution is 5.97. The Labute approximate surface area is 212 Å². The maximum Gasteiger partial charge on any atom is 0.326 e. The lowest BCUT2D eigenvalue weighted by molar-refractivity contribution is -0.143. The number of benzene rings is 1. The van der Waals surface area contributed by atoms with Gasteiger partial charge in [0.05, 0.1) is 6.04 Å². The SMILES string of the molecule is CC(C)[C@H](NC(=O)C(C)(C)NC(=O)[C@H](C)N)C(=O)NC(C)(C)C(=O)N[C@@H](Cc1ccccc1)C(=O)O. The maximum absolute atomic E-state index is 13.1. The van der Waals surface area contributed by atoms with Gasteiger partial charge in [-0.15, -0.1) is 0 Å². The minimum absolute atomic E-state index is 0.0683. The van der Waals surface area contributed by atoms with E-state index in [-0.39, 0.29) is 12.3 Å². The number of carbonyl (C=O) groups excluding carboxylic acids is 4. The topological polar surface area (TPSA) is 180 Å². The number of carboxylic acid groups (broad SMARTS) is 1. The summed E-state index contributed by atoms with van der Waals surface area (Å²) in [6, 6.07) is 5.78. The van der Waals surface area contributed by atoms with Gasteiger partial charge in [-0.3, -0.25) is 19.2 Å². The molecule has 0 radical (unpaired) electrons. The Morgan fingerprint density at radius 2 is 1.31 bits per heavy atom. The highest BCUT2D eigenvalue weighted by atomic mass is 16.4. The van der Waals surface area contributed by atoms with Gasteiger partial charge in [0.15, 0.2) is 0 Å². The smallest absolute Gasteiger partial charge is 0.326 e. The van der Waals surface area contributed by atoms with Crippen LogP contribution in [0.3, 0.4) is 0 Å². The molecule has 11 heteroatoms. The van der Waals surface area contributed by atoms with E-state index in [1.54, 1.807) is 44.2 Å². The first-order valence-electron chi connectivity index (χ1n) is 11.8. The van der Waals surface area contributed by atoms with Gasteiger partial charge in [0, 0.05) is 6.42 Å². The number of hydrogen-bond acceptors (Lipinski definition) is 6. The van der Waals surface area contributed by atoms with Gasteiger partial charge in [-0.2, -0.15) is 0 Å². The predicted octanol–water partition coefficient (Wildman–Crippen LogP) is 0.0761. The van der Waals surface area contributed by atoms with Crippen molar-refractivity contribution in [1.82, 2.24) is 21.3 Å². The number of rotatable bonds is 12. The summed E-state index contributed by atoms with van der Waals surface area (Å²) in [5, 5.41) is 19.8. The number of carboxylic acids is 1. The Bertz CT molecular complexity index is 959. The van der Waals surface area contributed by atoms with Crippen molar-refractivity contribution in [1.29, 1.82) is 0 Å². The molecule has 0 aliphatic rings. The number of hydrogen-bond donors (Lipinski definition) is 6. The highest BCUT2D eigenvalue weighted by Crippen LogP contribution is 2.12. The average Bonchev–Trinajstić information content (AvgIpc) is 2.76. The third kappa shape index (κ3) is 8.95.